The van der Waals surface area contributed by atoms with Crippen LogP contribution in [-0.2, 0) is 16.0 Å². The van der Waals surface area contributed by atoms with Gasteiger partial charge in [-0.05, 0) is 49.8 Å². The zero-order valence-corrected chi connectivity index (χ0v) is 16.3. The van der Waals surface area contributed by atoms with Gasteiger partial charge in [-0.2, -0.15) is 0 Å². The highest BCUT2D eigenvalue weighted by molar-refractivity contribution is 5.86. The number of nitrogens with one attached hydrogen (secondary N) is 2. The Bertz CT molecular complexity index is 584. The maximum Gasteiger partial charge on any atom is 0.241 e. The third-order valence-electron chi connectivity index (χ3n) is 5.68. The van der Waals surface area contributed by atoms with E-state index in [9.17, 15) is 9.59 Å². The highest BCUT2D eigenvalue weighted by atomic mass is 35.5. The van der Waals surface area contributed by atoms with Crippen molar-refractivity contribution < 1.29 is 9.59 Å². The second-order valence-corrected chi connectivity index (χ2v) is 7.44. The molecule has 2 N–H and O–H groups in total. The van der Waals surface area contributed by atoms with Crippen molar-refractivity contribution in [2.45, 2.75) is 26.2 Å². The van der Waals surface area contributed by atoms with Crippen LogP contribution in [0.15, 0.2) is 30.3 Å². The molecule has 5 nitrogen and oxygen atoms in total. The Morgan fingerprint density at radius 2 is 1.85 bits per heavy atom. The first-order valence-corrected chi connectivity index (χ1v) is 9.43. The van der Waals surface area contributed by atoms with Gasteiger partial charge in [-0.3, -0.25) is 9.59 Å². The number of carbonyl (C=O) groups excluding carboxylic acids is 2. The van der Waals surface area contributed by atoms with Crippen molar-refractivity contribution in [2.24, 2.45) is 17.8 Å². The SMILES string of the molecule is CC(C(=O)NCC(=O)N1CCC(Cc2ccccc2)CC1)C1CNC1.Cl. The fourth-order valence-corrected chi connectivity index (χ4v) is 3.65. The fourth-order valence-electron chi connectivity index (χ4n) is 3.65. The zero-order chi connectivity index (χ0) is 17.6. The standard InChI is InChI=1S/C20H29N3O2.ClH/c1-15(18-12-21-13-18)20(25)22-14-19(24)23-9-7-17(8-10-23)11-16-5-3-2-4-6-16;/h2-6,15,17-18,21H,7-14H2,1H3,(H,22,25);1H. The smallest absolute Gasteiger partial charge is 0.241 e. The van der Waals surface area contributed by atoms with Crippen LogP contribution in [0.3, 0.4) is 0 Å². The lowest BCUT2D eigenvalue weighted by molar-refractivity contribution is -0.135. The van der Waals surface area contributed by atoms with Crippen molar-refractivity contribution in [1.82, 2.24) is 15.5 Å². The van der Waals surface area contributed by atoms with Gasteiger partial charge in [0.2, 0.25) is 11.8 Å². The van der Waals surface area contributed by atoms with Crippen LogP contribution in [0.5, 0.6) is 0 Å². The molecule has 2 fully saturated rings. The van der Waals surface area contributed by atoms with E-state index >= 15 is 0 Å². The first kappa shape index (κ1) is 20.7. The number of benzene rings is 1. The summed E-state index contributed by atoms with van der Waals surface area (Å²) in [5.41, 5.74) is 1.37. The molecule has 6 heteroatoms. The molecule has 1 aromatic rings. The van der Waals surface area contributed by atoms with E-state index in [2.05, 4.69) is 34.9 Å². The lowest BCUT2D eigenvalue weighted by atomic mass is 9.88. The summed E-state index contributed by atoms with van der Waals surface area (Å²) >= 11 is 0. The molecule has 2 heterocycles. The Balaban J connectivity index is 0.00000243. The number of carbonyl (C=O) groups is 2. The molecule has 1 unspecified atom stereocenters. The minimum Gasteiger partial charge on any atom is -0.347 e. The third-order valence-corrected chi connectivity index (χ3v) is 5.68. The van der Waals surface area contributed by atoms with E-state index in [1.54, 1.807) is 0 Å². The second-order valence-electron chi connectivity index (χ2n) is 7.44. The molecule has 2 aliphatic heterocycles. The van der Waals surface area contributed by atoms with Crippen LogP contribution in [0, 0.1) is 17.8 Å². The molecule has 0 aromatic heterocycles. The molecule has 1 aromatic carbocycles. The first-order valence-electron chi connectivity index (χ1n) is 9.43. The largest absolute Gasteiger partial charge is 0.347 e. The summed E-state index contributed by atoms with van der Waals surface area (Å²) < 4.78 is 0. The van der Waals surface area contributed by atoms with Gasteiger partial charge in [-0.25, -0.2) is 0 Å². The van der Waals surface area contributed by atoms with E-state index in [1.807, 2.05) is 17.9 Å². The van der Waals surface area contributed by atoms with Gasteiger partial charge in [0.05, 0.1) is 6.54 Å². The van der Waals surface area contributed by atoms with Crippen LogP contribution >= 0.6 is 12.4 Å². The monoisotopic (exact) mass is 379 g/mol. The summed E-state index contributed by atoms with van der Waals surface area (Å²) in [6, 6.07) is 10.5. The summed E-state index contributed by atoms with van der Waals surface area (Å²) in [5.74, 6) is 1.07. The lowest BCUT2D eigenvalue weighted by Gasteiger charge is -2.33. The topological polar surface area (TPSA) is 61.4 Å². The van der Waals surface area contributed by atoms with Crippen molar-refractivity contribution in [3.8, 4) is 0 Å². The number of hydrogen-bond donors (Lipinski definition) is 2. The quantitative estimate of drug-likeness (QED) is 0.793. The number of piperidine rings is 1. The van der Waals surface area contributed by atoms with Gasteiger partial charge in [0.15, 0.2) is 0 Å². The Labute approximate surface area is 162 Å². The van der Waals surface area contributed by atoms with Crippen molar-refractivity contribution in [3.05, 3.63) is 35.9 Å². The zero-order valence-electron chi connectivity index (χ0n) is 15.4. The molecule has 26 heavy (non-hydrogen) atoms. The number of hydrogen-bond acceptors (Lipinski definition) is 3. The molecule has 0 bridgehead atoms. The highest BCUT2D eigenvalue weighted by Crippen LogP contribution is 2.21. The van der Waals surface area contributed by atoms with Crippen LogP contribution in [0.2, 0.25) is 0 Å². The van der Waals surface area contributed by atoms with Crippen LogP contribution in [0.1, 0.15) is 25.3 Å². The van der Waals surface area contributed by atoms with Crippen LogP contribution in [0.4, 0.5) is 0 Å². The normalized spacial score (nSPS) is 19.2. The van der Waals surface area contributed by atoms with Gasteiger partial charge < -0.3 is 15.5 Å². The third kappa shape index (κ3) is 5.45. The van der Waals surface area contributed by atoms with Crippen LogP contribution in [-0.4, -0.2) is 49.4 Å². The second kappa shape index (κ2) is 9.93. The molecule has 3 rings (SSSR count). The molecule has 144 valence electrons. The Morgan fingerprint density at radius 1 is 1.19 bits per heavy atom. The molecule has 0 aliphatic carbocycles. The van der Waals surface area contributed by atoms with Crippen molar-refractivity contribution in [1.29, 1.82) is 0 Å². The lowest BCUT2D eigenvalue weighted by Crippen LogP contribution is -2.51. The average Bonchev–Trinajstić information content (AvgIpc) is 2.59. The first-order chi connectivity index (χ1) is 12.1. The van der Waals surface area contributed by atoms with Crippen molar-refractivity contribution in [3.63, 3.8) is 0 Å². The average molecular weight is 380 g/mol. The summed E-state index contributed by atoms with van der Waals surface area (Å²) in [6.45, 7) is 5.48. The summed E-state index contributed by atoms with van der Waals surface area (Å²) in [4.78, 5) is 26.4. The molecule has 2 amide bonds. The Kier molecular flexibility index (Phi) is 7.91. The molecule has 0 radical (unpaired) electrons. The van der Waals surface area contributed by atoms with E-state index in [1.165, 1.54) is 5.56 Å². The van der Waals surface area contributed by atoms with Crippen LogP contribution in [0.25, 0.3) is 0 Å². The van der Waals surface area contributed by atoms with E-state index in [0.29, 0.717) is 11.8 Å². The number of nitrogens with zero attached hydrogens (tertiary/aromatic N) is 1. The van der Waals surface area contributed by atoms with E-state index in [0.717, 1.165) is 45.4 Å². The maximum absolute atomic E-state index is 12.3. The Morgan fingerprint density at radius 3 is 2.42 bits per heavy atom. The van der Waals surface area contributed by atoms with Gasteiger partial charge in [0.1, 0.15) is 0 Å². The molecule has 2 saturated heterocycles. The minimum atomic E-state index is -0.0225. The fraction of sp³-hybridized carbons (Fsp3) is 0.600. The number of rotatable bonds is 6. The van der Waals surface area contributed by atoms with E-state index in [4.69, 9.17) is 0 Å². The summed E-state index contributed by atoms with van der Waals surface area (Å²) in [6.07, 6.45) is 3.17. The molecular weight excluding hydrogens is 350 g/mol. The summed E-state index contributed by atoms with van der Waals surface area (Å²) in [5, 5.41) is 6.00. The van der Waals surface area contributed by atoms with Gasteiger partial charge in [-0.1, -0.05) is 37.3 Å². The molecule has 1 atom stereocenters. The van der Waals surface area contributed by atoms with Crippen molar-refractivity contribution >= 4 is 24.2 Å². The minimum absolute atomic E-state index is 0. The van der Waals surface area contributed by atoms with Gasteiger partial charge in [0.25, 0.3) is 0 Å². The highest BCUT2D eigenvalue weighted by Gasteiger charge is 2.29. The maximum atomic E-state index is 12.3. The van der Waals surface area contributed by atoms with E-state index in [-0.39, 0.29) is 36.7 Å². The van der Waals surface area contributed by atoms with E-state index < -0.39 is 0 Å². The van der Waals surface area contributed by atoms with Crippen molar-refractivity contribution in [2.75, 3.05) is 32.7 Å². The molecule has 0 saturated carbocycles. The van der Waals surface area contributed by atoms with Crippen LogP contribution < -0.4 is 10.6 Å². The predicted molar refractivity (Wildman–Crippen MR) is 105 cm³/mol. The van der Waals surface area contributed by atoms with Gasteiger partial charge >= 0.3 is 0 Å². The summed E-state index contributed by atoms with van der Waals surface area (Å²) in [7, 11) is 0. The number of likely N-dealkylation sites (tertiary alicyclic amines) is 1. The number of halogens is 1. The number of amides is 2. The van der Waals surface area contributed by atoms with Gasteiger partial charge in [0, 0.05) is 19.0 Å². The van der Waals surface area contributed by atoms with Gasteiger partial charge in [-0.15, -0.1) is 12.4 Å². The Hall–Kier alpha value is -1.59. The molecular formula is C20H30ClN3O2. The molecule has 0 spiro atoms. The molecule has 2 aliphatic rings. The predicted octanol–water partition coefficient (Wildman–Crippen LogP) is 1.86.